The zero-order valence-corrected chi connectivity index (χ0v) is 8.69. The van der Waals surface area contributed by atoms with Crippen LogP contribution in [0.4, 0.5) is 5.13 Å². The Kier molecular flexibility index (Phi) is 3.81. The Morgan fingerprint density at radius 1 is 1.80 bits per heavy atom. The first-order chi connectivity index (χ1) is 7.15. The van der Waals surface area contributed by atoms with Crippen molar-refractivity contribution in [1.29, 1.82) is 0 Å². The molecule has 6 nitrogen and oxygen atoms in total. The number of nitrogen functional groups attached to an aromatic ring is 1. The Hall–Kier alpha value is -1.89. The van der Waals surface area contributed by atoms with Crippen LogP contribution in [0.3, 0.4) is 0 Å². The monoisotopic (exact) mass is 227 g/mol. The van der Waals surface area contributed by atoms with E-state index in [-0.39, 0.29) is 16.5 Å². The summed E-state index contributed by atoms with van der Waals surface area (Å²) in [6.07, 6.45) is 2.84. The number of allylic oxidation sites excluding steroid dienone is 1. The summed E-state index contributed by atoms with van der Waals surface area (Å²) in [4.78, 5) is 19.2. The molecule has 0 unspecified atom stereocenters. The summed E-state index contributed by atoms with van der Waals surface area (Å²) >= 11 is 1.14. The lowest BCUT2D eigenvalue weighted by Gasteiger charge is -1.95. The van der Waals surface area contributed by atoms with Crippen molar-refractivity contribution in [2.75, 3.05) is 5.73 Å². The van der Waals surface area contributed by atoms with Gasteiger partial charge in [-0.3, -0.25) is 0 Å². The van der Waals surface area contributed by atoms with Gasteiger partial charge in [-0.15, -0.1) is 11.3 Å². The number of hydrogen-bond donors (Lipinski definition) is 2. The van der Waals surface area contributed by atoms with Crippen molar-refractivity contribution in [3.63, 3.8) is 0 Å². The number of aliphatic carboxylic acids is 1. The molecular weight excluding hydrogens is 218 g/mol. The Bertz CT molecular complexity index is 411. The van der Waals surface area contributed by atoms with E-state index in [9.17, 15) is 4.79 Å². The molecule has 0 fully saturated rings. The number of carboxylic acid groups (broad SMARTS) is 1. The fourth-order valence-electron chi connectivity index (χ4n) is 0.736. The molecule has 0 bridgehead atoms. The highest BCUT2D eigenvalue weighted by atomic mass is 32.1. The van der Waals surface area contributed by atoms with Gasteiger partial charge in [0.25, 0.3) is 0 Å². The van der Waals surface area contributed by atoms with Gasteiger partial charge in [0.15, 0.2) is 5.13 Å². The zero-order chi connectivity index (χ0) is 11.3. The average molecular weight is 227 g/mol. The molecule has 1 aromatic heterocycles. The SMILES string of the molecule is C/C=C\O/N=C(/C(=O)O)c1csc(N)n1. The first-order valence-electron chi connectivity index (χ1n) is 3.94. The highest BCUT2D eigenvalue weighted by Crippen LogP contribution is 2.12. The maximum atomic E-state index is 10.8. The Labute approximate surface area is 89.7 Å². The summed E-state index contributed by atoms with van der Waals surface area (Å²) in [5.74, 6) is -1.22. The summed E-state index contributed by atoms with van der Waals surface area (Å²) < 4.78 is 0. The smallest absolute Gasteiger partial charge is 0.360 e. The van der Waals surface area contributed by atoms with Crippen molar-refractivity contribution in [3.8, 4) is 0 Å². The van der Waals surface area contributed by atoms with Gasteiger partial charge in [-0.05, 0) is 13.0 Å². The standard InChI is InChI=1S/C8H9N3O3S/c1-2-3-14-11-6(7(12)13)5-4-15-8(9)10-5/h2-4H,1H3,(H2,9,10)(H,12,13)/b3-2-,11-6+. The molecule has 0 aliphatic carbocycles. The van der Waals surface area contributed by atoms with Gasteiger partial charge >= 0.3 is 5.97 Å². The average Bonchev–Trinajstić information content (AvgIpc) is 2.59. The second kappa shape index (κ2) is 5.11. The summed E-state index contributed by atoms with van der Waals surface area (Å²) in [6, 6.07) is 0. The van der Waals surface area contributed by atoms with Crippen molar-refractivity contribution in [2.45, 2.75) is 6.92 Å². The number of anilines is 1. The van der Waals surface area contributed by atoms with Gasteiger partial charge in [-0.1, -0.05) is 5.16 Å². The van der Waals surface area contributed by atoms with Crippen molar-refractivity contribution < 1.29 is 14.7 Å². The molecule has 0 saturated heterocycles. The number of nitrogens with zero attached hydrogens (tertiary/aromatic N) is 2. The van der Waals surface area contributed by atoms with Crippen LogP contribution in [-0.2, 0) is 9.63 Å². The molecule has 7 heteroatoms. The molecule has 1 heterocycles. The van der Waals surface area contributed by atoms with Crippen LogP contribution in [0.1, 0.15) is 12.6 Å². The summed E-state index contributed by atoms with van der Waals surface area (Å²) in [7, 11) is 0. The van der Waals surface area contributed by atoms with E-state index in [1.54, 1.807) is 13.0 Å². The Morgan fingerprint density at radius 3 is 3.00 bits per heavy atom. The van der Waals surface area contributed by atoms with E-state index >= 15 is 0 Å². The molecule has 3 N–H and O–H groups in total. The molecule has 0 radical (unpaired) electrons. The third-order valence-electron chi connectivity index (χ3n) is 1.31. The molecule has 0 amide bonds. The van der Waals surface area contributed by atoms with E-state index in [1.807, 2.05) is 0 Å². The van der Waals surface area contributed by atoms with Crippen molar-refractivity contribution in [1.82, 2.24) is 4.98 Å². The molecule has 0 atom stereocenters. The fourth-order valence-corrected chi connectivity index (χ4v) is 1.28. The number of hydrogen-bond acceptors (Lipinski definition) is 6. The fraction of sp³-hybridized carbons (Fsp3) is 0.125. The van der Waals surface area contributed by atoms with Gasteiger partial charge in [0.2, 0.25) is 5.71 Å². The lowest BCUT2D eigenvalue weighted by atomic mass is 10.3. The number of carboxylic acids is 1. The number of rotatable bonds is 4. The molecule has 15 heavy (non-hydrogen) atoms. The van der Waals surface area contributed by atoms with Crippen LogP contribution in [0.2, 0.25) is 0 Å². The largest absolute Gasteiger partial charge is 0.476 e. The van der Waals surface area contributed by atoms with E-state index in [4.69, 9.17) is 10.8 Å². The molecule has 0 aliphatic heterocycles. The van der Waals surface area contributed by atoms with Gasteiger partial charge in [-0.2, -0.15) is 0 Å². The normalized spacial score (nSPS) is 11.9. The summed E-state index contributed by atoms with van der Waals surface area (Å²) in [6.45, 7) is 1.72. The van der Waals surface area contributed by atoms with Crippen LogP contribution in [0, 0.1) is 0 Å². The van der Waals surface area contributed by atoms with Crippen LogP contribution < -0.4 is 5.73 Å². The number of carbonyl (C=O) groups is 1. The van der Waals surface area contributed by atoms with Crippen molar-refractivity contribution >= 4 is 28.1 Å². The lowest BCUT2D eigenvalue weighted by molar-refractivity contribution is -0.129. The van der Waals surface area contributed by atoms with E-state index in [2.05, 4.69) is 15.0 Å². The first-order valence-corrected chi connectivity index (χ1v) is 4.82. The highest BCUT2D eigenvalue weighted by Gasteiger charge is 2.16. The van der Waals surface area contributed by atoms with Crippen LogP contribution in [0.5, 0.6) is 0 Å². The Morgan fingerprint density at radius 2 is 2.53 bits per heavy atom. The highest BCUT2D eigenvalue weighted by molar-refractivity contribution is 7.13. The molecule has 0 aromatic carbocycles. The molecule has 1 aromatic rings. The van der Waals surface area contributed by atoms with Gasteiger partial charge in [-0.25, -0.2) is 9.78 Å². The Balaban J connectivity index is 2.92. The van der Waals surface area contributed by atoms with Crippen molar-refractivity contribution in [2.24, 2.45) is 5.16 Å². The predicted molar refractivity (Wildman–Crippen MR) is 56.6 cm³/mol. The van der Waals surface area contributed by atoms with Gasteiger partial charge in [0.1, 0.15) is 12.0 Å². The van der Waals surface area contributed by atoms with E-state index in [0.29, 0.717) is 0 Å². The number of nitrogens with two attached hydrogens (primary N) is 1. The minimum atomic E-state index is -1.22. The third-order valence-corrected chi connectivity index (χ3v) is 1.98. The van der Waals surface area contributed by atoms with Crippen LogP contribution in [0.25, 0.3) is 0 Å². The van der Waals surface area contributed by atoms with Gasteiger partial charge in [0, 0.05) is 5.38 Å². The van der Waals surface area contributed by atoms with Crippen molar-refractivity contribution in [3.05, 3.63) is 23.4 Å². The lowest BCUT2D eigenvalue weighted by Crippen LogP contribution is -2.15. The maximum Gasteiger partial charge on any atom is 0.360 e. The number of oxime groups is 1. The molecule has 0 aliphatic rings. The molecular formula is C8H9N3O3S. The van der Waals surface area contributed by atoms with Crippen LogP contribution >= 0.6 is 11.3 Å². The van der Waals surface area contributed by atoms with Gasteiger partial charge < -0.3 is 15.7 Å². The summed E-state index contributed by atoms with van der Waals surface area (Å²) in [5.41, 5.74) is 5.29. The quantitative estimate of drug-likeness (QED) is 0.455. The maximum absolute atomic E-state index is 10.8. The predicted octanol–water partition coefficient (Wildman–Crippen LogP) is 1.06. The molecule has 0 saturated carbocycles. The van der Waals surface area contributed by atoms with E-state index < -0.39 is 5.97 Å². The van der Waals surface area contributed by atoms with Crippen LogP contribution in [-0.4, -0.2) is 21.8 Å². The second-order valence-electron chi connectivity index (χ2n) is 2.39. The van der Waals surface area contributed by atoms with E-state index in [1.165, 1.54) is 11.6 Å². The third kappa shape index (κ3) is 3.06. The number of aromatic nitrogens is 1. The zero-order valence-electron chi connectivity index (χ0n) is 7.88. The molecule has 1 rings (SSSR count). The van der Waals surface area contributed by atoms with Gasteiger partial charge in [0.05, 0.1) is 0 Å². The molecule has 80 valence electrons. The molecule has 0 spiro atoms. The second-order valence-corrected chi connectivity index (χ2v) is 3.28. The number of thiazole rings is 1. The minimum Gasteiger partial charge on any atom is -0.476 e. The topological polar surface area (TPSA) is 97.8 Å². The summed E-state index contributed by atoms with van der Waals surface area (Å²) in [5, 5.41) is 14.0. The van der Waals surface area contributed by atoms with Crippen LogP contribution in [0.15, 0.2) is 22.9 Å². The van der Waals surface area contributed by atoms with E-state index in [0.717, 1.165) is 11.3 Å². The minimum absolute atomic E-state index is 0.189. The first kappa shape index (κ1) is 11.2.